The molecule has 5 heteroatoms. The molecule has 3 aromatic rings. The van der Waals surface area contributed by atoms with E-state index in [0.717, 1.165) is 5.69 Å². The van der Waals surface area contributed by atoms with E-state index in [-0.39, 0.29) is 10.6 Å². The SMILES string of the molecule is O=S(=O)(Oc1ccccc1C=Nc1ccccc1)c1ccccc1. The van der Waals surface area contributed by atoms with E-state index < -0.39 is 10.1 Å². The summed E-state index contributed by atoms with van der Waals surface area (Å²) in [6.07, 6.45) is 1.59. The first-order valence-electron chi connectivity index (χ1n) is 7.33. The van der Waals surface area contributed by atoms with Gasteiger partial charge >= 0.3 is 10.1 Å². The lowest BCUT2D eigenvalue weighted by Gasteiger charge is -2.09. The van der Waals surface area contributed by atoms with E-state index in [9.17, 15) is 8.42 Å². The van der Waals surface area contributed by atoms with Crippen molar-refractivity contribution in [2.24, 2.45) is 4.99 Å². The quantitative estimate of drug-likeness (QED) is 0.518. The predicted octanol–water partition coefficient (Wildman–Crippen LogP) is 4.20. The molecular weight excluding hydrogens is 322 g/mol. The third-order valence-corrected chi connectivity index (χ3v) is 4.51. The summed E-state index contributed by atoms with van der Waals surface area (Å²) >= 11 is 0. The minimum absolute atomic E-state index is 0.111. The van der Waals surface area contributed by atoms with E-state index in [0.29, 0.717) is 5.56 Å². The molecule has 24 heavy (non-hydrogen) atoms. The molecule has 4 nitrogen and oxygen atoms in total. The Kier molecular flexibility index (Phi) is 4.72. The van der Waals surface area contributed by atoms with Crippen molar-refractivity contribution >= 4 is 22.0 Å². The molecule has 0 N–H and O–H groups in total. The molecule has 3 aromatic carbocycles. The van der Waals surface area contributed by atoms with Crippen LogP contribution in [0.1, 0.15) is 5.56 Å². The van der Waals surface area contributed by atoms with Gasteiger partial charge in [0.05, 0.1) is 5.69 Å². The molecule has 0 saturated carbocycles. The Morgan fingerprint density at radius 3 is 2.04 bits per heavy atom. The highest BCUT2D eigenvalue weighted by Gasteiger charge is 2.17. The van der Waals surface area contributed by atoms with E-state index in [1.807, 2.05) is 30.3 Å². The number of hydrogen-bond donors (Lipinski definition) is 0. The zero-order chi connectivity index (χ0) is 16.8. The summed E-state index contributed by atoms with van der Waals surface area (Å²) in [6.45, 7) is 0. The number of nitrogens with zero attached hydrogens (tertiary/aromatic N) is 1. The highest BCUT2D eigenvalue weighted by atomic mass is 32.2. The highest BCUT2D eigenvalue weighted by Crippen LogP contribution is 2.22. The smallest absolute Gasteiger partial charge is 0.339 e. The second-order valence-corrected chi connectivity index (χ2v) is 6.53. The van der Waals surface area contributed by atoms with E-state index >= 15 is 0 Å². The Balaban J connectivity index is 1.89. The third kappa shape index (κ3) is 3.88. The van der Waals surface area contributed by atoms with Gasteiger partial charge in [-0.2, -0.15) is 8.42 Å². The molecule has 120 valence electrons. The van der Waals surface area contributed by atoms with Crippen LogP contribution in [-0.2, 0) is 10.1 Å². The Morgan fingerprint density at radius 1 is 0.750 bits per heavy atom. The second kappa shape index (κ2) is 7.10. The summed E-state index contributed by atoms with van der Waals surface area (Å²) in [7, 11) is -3.88. The maximum absolute atomic E-state index is 12.4. The molecule has 0 spiro atoms. The highest BCUT2D eigenvalue weighted by molar-refractivity contribution is 7.87. The lowest BCUT2D eigenvalue weighted by Crippen LogP contribution is -2.10. The van der Waals surface area contributed by atoms with Gasteiger partial charge < -0.3 is 4.18 Å². The molecule has 0 aliphatic rings. The minimum atomic E-state index is -3.88. The van der Waals surface area contributed by atoms with Crippen LogP contribution in [-0.4, -0.2) is 14.6 Å². The first-order valence-corrected chi connectivity index (χ1v) is 8.74. The molecule has 0 aliphatic carbocycles. The molecule has 0 bridgehead atoms. The number of hydrogen-bond acceptors (Lipinski definition) is 4. The normalized spacial score (nSPS) is 11.5. The fourth-order valence-corrected chi connectivity index (χ4v) is 3.05. The van der Waals surface area contributed by atoms with Gasteiger partial charge in [-0.05, 0) is 36.4 Å². The zero-order valence-corrected chi connectivity index (χ0v) is 13.6. The first kappa shape index (κ1) is 16.0. The van der Waals surface area contributed by atoms with Crippen LogP contribution in [0.25, 0.3) is 0 Å². The summed E-state index contributed by atoms with van der Waals surface area (Å²) in [5.74, 6) is 0.237. The molecule has 0 unspecified atom stereocenters. The standard InChI is InChI=1S/C19H15NO3S/c21-24(22,18-12-5-2-6-13-18)23-19-14-8-7-9-16(19)15-20-17-10-3-1-4-11-17/h1-15H. The van der Waals surface area contributed by atoms with Crippen LogP contribution in [0.2, 0.25) is 0 Å². The summed E-state index contributed by atoms with van der Waals surface area (Å²) < 4.78 is 30.0. The molecule has 0 saturated heterocycles. The Labute approximate surface area is 141 Å². The van der Waals surface area contributed by atoms with Gasteiger partial charge in [0, 0.05) is 11.8 Å². The van der Waals surface area contributed by atoms with E-state index in [1.165, 1.54) is 12.1 Å². The molecule has 0 aromatic heterocycles. The average molecular weight is 337 g/mol. The Hall–Kier alpha value is -2.92. The van der Waals surface area contributed by atoms with Crippen molar-refractivity contribution in [2.45, 2.75) is 4.90 Å². The van der Waals surface area contributed by atoms with Gasteiger partial charge in [-0.3, -0.25) is 4.99 Å². The Bertz CT molecular complexity index is 937. The van der Waals surface area contributed by atoms with E-state index in [1.54, 1.807) is 48.7 Å². The summed E-state index contributed by atoms with van der Waals surface area (Å²) in [5.41, 5.74) is 1.36. The second-order valence-electron chi connectivity index (χ2n) is 4.98. The molecule has 0 heterocycles. The van der Waals surface area contributed by atoms with Gasteiger partial charge in [-0.1, -0.05) is 48.5 Å². The third-order valence-electron chi connectivity index (χ3n) is 3.26. The van der Waals surface area contributed by atoms with Crippen LogP contribution >= 0.6 is 0 Å². The fraction of sp³-hybridized carbons (Fsp3) is 0. The molecular formula is C19H15NO3S. The maximum atomic E-state index is 12.4. The Morgan fingerprint density at radius 2 is 1.33 bits per heavy atom. The van der Waals surface area contributed by atoms with Crippen LogP contribution < -0.4 is 4.18 Å². The first-order chi connectivity index (χ1) is 11.6. The van der Waals surface area contributed by atoms with Crippen LogP contribution in [0.5, 0.6) is 5.75 Å². The van der Waals surface area contributed by atoms with Crippen molar-refractivity contribution < 1.29 is 12.6 Å². The van der Waals surface area contributed by atoms with Crippen molar-refractivity contribution in [1.29, 1.82) is 0 Å². The molecule has 0 atom stereocenters. The van der Waals surface area contributed by atoms with Gasteiger partial charge in [0.2, 0.25) is 0 Å². The minimum Gasteiger partial charge on any atom is -0.378 e. The molecule has 0 radical (unpaired) electrons. The van der Waals surface area contributed by atoms with Crippen LogP contribution in [0.3, 0.4) is 0 Å². The van der Waals surface area contributed by atoms with E-state index in [2.05, 4.69) is 4.99 Å². The molecule has 3 rings (SSSR count). The summed E-state index contributed by atoms with van der Waals surface area (Å²) in [5, 5.41) is 0. The van der Waals surface area contributed by atoms with Gasteiger partial charge in [0.25, 0.3) is 0 Å². The van der Waals surface area contributed by atoms with Gasteiger partial charge in [-0.15, -0.1) is 0 Å². The van der Waals surface area contributed by atoms with Crippen molar-refractivity contribution in [2.75, 3.05) is 0 Å². The molecule has 0 fully saturated rings. The number of para-hydroxylation sites is 2. The summed E-state index contributed by atoms with van der Waals surface area (Å²) in [4.78, 5) is 4.45. The fourth-order valence-electron chi connectivity index (χ4n) is 2.07. The van der Waals surface area contributed by atoms with Crippen molar-refractivity contribution in [3.63, 3.8) is 0 Å². The van der Waals surface area contributed by atoms with Crippen molar-refractivity contribution in [1.82, 2.24) is 0 Å². The predicted molar refractivity (Wildman–Crippen MR) is 94.4 cm³/mol. The maximum Gasteiger partial charge on any atom is 0.339 e. The number of benzene rings is 3. The number of rotatable bonds is 5. The lowest BCUT2D eigenvalue weighted by atomic mass is 10.2. The largest absolute Gasteiger partial charge is 0.378 e. The van der Waals surface area contributed by atoms with E-state index in [4.69, 9.17) is 4.18 Å². The summed E-state index contributed by atoms with van der Waals surface area (Å²) in [6, 6.07) is 24.3. The van der Waals surface area contributed by atoms with Gasteiger partial charge in [-0.25, -0.2) is 0 Å². The number of aliphatic imine (C=N–C) groups is 1. The van der Waals surface area contributed by atoms with Crippen LogP contribution in [0.15, 0.2) is 94.8 Å². The lowest BCUT2D eigenvalue weighted by molar-refractivity contribution is 0.485. The van der Waals surface area contributed by atoms with Crippen LogP contribution in [0, 0.1) is 0 Å². The van der Waals surface area contributed by atoms with Gasteiger partial charge in [0.1, 0.15) is 4.90 Å². The topological polar surface area (TPSA) is 55.7 Å². The van der Waals surface area contributed by atoms with Crippen LogP contribution in [0.4, 0.5) is 5.69 Å². The average Bonchev–Trinajstić information content (AvgIpc) is 2.62. The molecule has 0 amide bonds. The van der Waals surface area contributed by atoms with Crippen molar-refractivity contribution in [3.8, 4) is 5.75 Å². The van der Waals surface area contributed by atoms with Crippen molar-refractivity contribution in [3.05, 3.63) is 90.5 Å². The molecule has 0 aliphatic heterocycles. The van der Waals surface area contributed by atoms with Gasteiger partial charge in [0.15, 0.2) is 5.75 Å². The zero-order valence-electron chi connectivity index (χ0n) is 12.7. The monoisotopic (exact) mass is 337 g/mol.